The van der Waals surface area contributed by atoms with Crippen molar-refractivity contribution in [3.05, 3.63) is 44.5 Å². The summed E-state index contributed by atoms with van der Waals surface area (Å²) in [7, 11) is 0. The molecular formula is C22H25NO4. The summed E-state index contributed by atoms with van der Waals surface area (Å²) in [6.45, 7) is 9.41. The molecule has 4 rings (SSSR count). The average Bonchev–Trinajstić information content (AvgIpc) is 2.94. The zero-order valence-corrected chi connectivity index (χ0v) is 16.4. The van der Waals surface area contributed by atoms with Crippen LogP contribution < -0.4 is 5.63 Å². The lowest BCUT2D eigenvalue weighted by atomic mass is 9.98. The van der Waals surface area contributed by atoms with E-state index in [9.17, 15) is 9.59 Å². The fourth-order valence-electron chi connectivity index (χ4n) is 4.24. The van der Waals surface area contributed by atoms with E-state index in [2.05, 4.69) is 0 Å². The van der Waals surface area contributed by atoms with E-state index in [0.717, 1.165) is 71.2 Å². The third-order valence-electron chi connectivity index (χ3n) is 5.91. The number of nitrogens with zero attached hydrogens (tertiary/aromatic N) is 1. The second-order valence-corrected chi connectivity index (χ2v) is 7.67. The minimum atomic E-state index is -0.427. The van der Waals surface area contributed by atoms with Crippen LogP contribution >= 0.6 is 0 Å². The van der Waals surface area contributed by atoms with Crippen molar-refractivity contribution in [1.82, 2.24) is 4.90 Å². The van der Waals surface area contributed by atoms with E-state index in [0.29, 0.717) is 11.1 Å². The predicted molar refractivity (Wildman–Crippen MR) is 105 cm³/mol. The molecule has 1 fully saturated rings. The SMILES string of the molecule is Cc1oc2c(c(C)cc3oc(=O)c(CC(=O)N4CCCCC4)c(C)c32)c1C. The number of carbonyl (C=O) groups excluding carboxylic acids is 1. The van der Waals surface area contributed by atoms with Gasteiger partial charge in [-0.1, -0.05) is 0 Å². The number of benzene rings is 1. The third kappa shape index (κ3) is 2.85. The average molecular weight is 367 g/mol. The molecule has 0 bridgehead atoms. The molecule has 1 saturated heterocycles. The molecule has 0 unspecified atom stereocenters. The van der Waals surface area contributed by atoms with Gasteiger partial charge in [-0.3, -0.25) is 4.79 Å². The summed E-state index contributed by atoms with van der Waals surface area (Å²) in [5.74, 6) is 0.858. The van der Waals surface area contributed by atoms with Crippen molar-refractivity contribution in [3.63, 3.8) is 0 Å². The molecule has 5 nitrogen and oxygen atoms in total. The number of fused-ring (bicyclic) bond motifs is 3. The first-order valence-corrected chi connectivity index (χ1v) is 9.62. The quantitative estimate of drug-likeness (QED) is 0.633. The molecule has 0 spiro atoms. The van der Waals surface area contributed by atoms with E-state index in [-0.39, 0.29) is 12.3 Å². The van der Waals surface area contributed by atoms with Gasteiger partial charge in [0.05, 0.1) is 17.4 Å². The van der Waals surface area contributed by atoms with Gasteiger partial charge in [-0.15, -0.1) is 0 Å². The molecule has 2 aromatic heterocycles. The summed E-state index contributed by atoms with van der Waals surface area (Å²) in [6, 6.07) is 1.89. The number of piperidine rings is 1. The summed E-state index contributed by atoms with van der Waals surface area (Å²) in [4.78, 5) is 27.2. The minimum absolute atomic E-state index is 0.000360. The molecule has 3 heterocycles. The highest BCUT2D eigenvalue weighted by Crippen LogP contribution is 2.36. The smallest absolute Gasteiger partial charge is 0.340 e. The monoisotopic (exact) mass is 367 g/mol. The van der Waals surface area contributed by atoms with Gasteiger partial charge < -0.3 is 13.7 Å². The summed E-state index contributed by atoms with van der Waals surface area (Å²) in [5.41, 5.74) is 4.18. The van der Waals surface area contributed by atoms with Crippen LogP contribution in [0.1, 0.15) is 47.3 Å². The van der Waals surface area contributed by atoms with Crippen molar-refractivity contribution in [2.24, 2.45) is 0 Å². The number of hydrogen-bond acceptors (Lipinski definition) is 4. The Morgan fingerprint density at radius 3 is 2.41 bits per heavy atom. The summed E-state index contributed by atoms with van der Waals surface area (Å²) >= 11 is 0. The molecule has 0 aliphatic carbocycles. The van der Waals surface area contributed by atoms with Crippen molar-refractivity contribution < 1.29 is 13.6 Å². The molecular weight excluding hydrogens is 342 g/mol. The standard InChI is InChI=1S/C22H25NO4/c1-12-10-17-20(21-19(12)13(2)15(4)26-21)14(3)16(22(25)27-17)11-18(24)23-8-6-5-7-9-23/h10H,5-9,11H2,1-4H3. The van der Waals surface area contributed by atoms with Crippen molar-refractivity contribution in [2.75, 3.05) is 13.1 Å². The molecule has 3 aromatic rings. The Kier molecular flexibility index (Phi) is 4.33. The molecule has 1 aliphatic heterocycles. The van der Waals surface area contributed by atoms with E-state index >= 15 is 0 Å². The number of furan rings is 1. The zero-order chi connectivity index (χ0) is 19.3. The number of aryl methyl sites for hydroxylation is 4. The van der Waals surface area contributed by atoms with Gasteiger partial charge in [-0.25, -0.2) is 4.79 Å². The van der Waals surface area contributed by atoms with Crippen LogP contribution in [0.5, 0.6) is 0 Å². The van der Waals surface area contributed by atoms with Gasteiger partial charge in [-0.2, -0.15) is 0 Å². The Morgan fingerprint density at radius 1 is 1.00 bits per heavy atom. The highest BCUT2D eigenvalue weighted by atomic mass is 16.4. The highest BCUT2D eigenvalue weighted by molar-refractivity contribution is 6.07. The van der Waals surface area contributed by atoms with Crippen LogP contribution in [0.3, 0.4) is 0 Å². The molecule has 27 heavy (non-hydrogen) atoms. The maximum atomic E-state index is 12.7. The van der Waals surface area contributed by atoms with Crippen LogP contribution in [0.15, 0.2) is 19.7 Å². The molecule has 1 aromatic carbocycles. The Bertz CT molecular complexity index is 1110. The first-order valence-electron chi connectivity index (χ1n) is 9.62. The Balaban J connectivity index is 1.88. The number of likely N-dealkylation sites (tertiary alicyclic amines) is 1. The van der Waals surface area contributed by atoms with Crippen molar-refractivity contribution in [1.29, 1.82) is 0 Å². The first-order chi connectivity index (χ1) is 12.9. The van der Waals surface area contributed by atoms with Crippen LogP contribution in [-0.4, -0.2) is 23.9 Å². The van der Waals surface area contributed by atoms with Crippen LogP contribution in [0.2, 0.25) is 0 Å². The largest absolute Gasteiger partial charge is 0.460 e. The van der Waals surface area contributed by atoms with E-state index in [1.54, 1.807) is 0 Å². The Morgan fingerprint density at radius 2 is 1.70 bits per heavy atom. The maximum Gasteiger partial charge on any atom is 0.340 e. The molecule has 142 valence electrons. The highest BCUT2D eigenvalue weighted by Gasteiger charge is 2.23. The molecule has 0 atom stereocenters. The van der Waals surface area contributed by atoms with Gasteiger partial charge in [0, 0.05) is 18.5 Å². The molecule has 0 N–H and O–H groups in total. The van der Waals surface area contributed by atoms with Crippen molar-refractivity contribution in [2.45, 2.75) is 53.4 Å². The van der Waals surface area contributed by atoms with Crippen molar-refractivity contribution >= 4 is 27.8 Å². The minimum Gasteiger partial charge on any atom is -0.460 e. The normalized spacial score (nSPS) is 15.0. The molecule has 1 amide bonds. The second kappa shape index (κ2) is 6.55. The van der Waals surface area contributed by atoms with E-state index in [1.807, 2.05) is 38.7 Å². The van der Waals surface area contributed by atoms with Crippen LogP contribution in [-0.2, 0) is 11.2 Å². The molecule has 1 aliphatic rings. The van der Waals surface area contributed by atoms with Crippen LogP contribution in [0.4, 0.5) is 0 Å². The molecule has 0 radical (unpaired) electrons. The van der Waals surface area contributed by atoms with Gasteiger partial charge >= 0.3 is 5.63 Å². The second-order valence-electron chi connectivity index (χ2n) is 7.67. The zero-order valence-electron chi connectivity index (χ0n) is 16.4. The maximum absolute atomic E-state index is 12.7. The van der Waals surface area contributed by atoms with Crippen LogP contribution in [0.25, 0.3) is 21.9 Å². The lowest BCUT2D eigenvalue weighted by Crippen LogP contribution is -2.37. The molecule has 0 saturated carbocycles. The number of hydrogen-bond donors (Lipinski definition) is 0. The number of rotatable bonds is 2. The van der Waals surface area contributed by atoms with E-state index in [1.165, 1.54) is 0 Å². The Hall–Kier alpha value is -2.56. The number of amides is 1. The summed E-state index contributed by atoms with van der Waals surface area (Å²) in [6.07, 6.45) is 3.30. The summed E-state index contributed by atoms with van der Waals surface area (Å²) < 4.78 is 11.6. The van der Waals surface area contributed by atoms with Gasteiger partial charge in [0.15, 0.2) is 0 Å². The Labute approximate surface area is 157 Å². The lowest BCUT2D eigenvalue weighted by molar-refractivity contribution is -0.131. The fourth-order valence-corrected chi connectivity index (χ4v) is 4.24. The van der Waals surface area contributed by atoms with Crippen molar-refractivity contribution in [3.8, 4) is 0 Å². The predicted octanol–water partition coefficient (Wildman–Crippen LogP) is 4.33. The van der Waals surface area contributed by atoms with E-state index in [4.69, 9.17) is 8.83 Å². The molecule has 5 heteroatoms. The van der Waals surface area contributed by atoms with Gasteiger partial charge in [0.25, 0.3) is 0 Å². The third-order valence-corrected chi connectivity index (χ3v) is 5.91. The van der Waals surface area contributed by atoms with Gasteiger partial charge in [-0.05, 0) is 69.7 Å². The first kappa shape index (κ1) is 17.8. The van der Waals surface area contributed by atoms with Gasteiger partial charge in [0.1, 0.15) is 16.9 Å². The topological polar surface area (TPSA) is 63.7 Å². The summed E-state index contributed by atoms with van der Waals surface area (Å²) in [5, 5.41) is 1.86. The van der Waals surface area contributed by atoms with Gasteiger partial charge in [0.2, 0.25) is 5.91 Å². The lowest BCUT2D eigenvalue weighted by Gasteiger charge is -2.26. The van der Waals surface area contributed by atoms with E-state index < -0.39 is 5.63 Å². The number of carbonyl (C=O) groups is 1. The van der Waals surface area contributed by atoms with Crippen LogP contribution in [0, 0.1) is 27.7 Å². The fraction of sp³-hybridized carbons (Fsp3) is 0.455.